The molecule has 1 N–H and O–H groups in total. The summed E-state index contributed by atoms with van der Waals surface area (Å²) in [5.74, 6) is 2.62. The number of nitrogens with one attached hydrogen (secondary N) is 1. The lowest BCUT2D eigenvalue weighted by Crippen LogP contribution is -2.30. The Morgan fingerprint density at radius 1 is 1.60 bits per heavy atom. The zero-order valence-corrected chi connectivity index (χ0v) is 10.8. The lowest BCUT2D eigenvalue weighted by molar-refractivity contribution is 0.560. The smallest absolute Gasteiger partial charge is 0.0940 e. The third-order valence-electron chi connectivity index (χ3n) is 2.66. The Morgan fingerprint density at radius 2 is 2.53 bits per heavy atom. The number of rotatable bonds is 5. The van der Waals surface area contributed by atoms with Crippen molar-refractivity contribution >= 4 is 23.1 Å². The Labute approximate surface area is 99.9 Å². The van der Waals surface area contributed by atoms with Crippen LogP contribution in [0.4, 0.5) is 0 Å². The fourth-order valence-electron chi connectivity index (χ4n) is 1.70. The Morgan fingerprint density at radius 3 is 3.20 bits per heavy atom. The number of aryl methyl sites for hydroxylation is 1. The minimum atomic E-state index is 0.751. The average molecular weight is 242 g/mol. The molecule has 0 aliphatic carbocycles. The van der Waals surface area contributed by atoms with Crippen molar-refractivity contribution in [1.29, 1.82) is 0 Å². The second kappa shape index (κ2) is 5.87. The van der Waals surface area contributed by atoms with Crippen molar-refractivity contribution < 1.29 is 0 Å². The summed E-state index contributed by atoms with van der Waals surface area (Å²) in [4.78, 5) is 4.57. The second-order valence-electron chi connectivity index (χ2n) is 3.85. The van der Waals surface area contributed by atoms with E-state index in [0.717, 1.165) is 25.4 Å². The SMILES string of the molecule is CCc1csc(CCN[C@H]2CCSC2)n1. The lowest BCUT2D eigenvalue weighted by Gasteiger charge is -2.09. The molecule has 15 heavy (non-hydrogen) atoms. The topological polar surface area (TPSA) is 24.9 Å². The van der Waals surface area contributed by atoms with E-state index in [1.807, 2.05) is 0 Å². The first-order valence-electron chi connectivity index (χ1n) is 5.63. The predicted molar refractivity (Wildman–Crippen MR) is 68.9 cm³/mol. The molecule has 0 aromatic carbocycles. The summed E-state index contributed by atoms with van der Waals surface area (Å²) in [5, 5.41) is 7.07. The highest BCUT2D eigenvalue weighted by atomic mass is 32.2. The molecule has 0 bridgehead atoms. The summed E-state index contributed by atoms with van der Waals surface area (Å²) in [6, 6.07) is 0.751. The molecular weight excluding hydrogens is 224 g/mol. The van der Waals surface area contributed by atoms with Gasteiger partial charge in [-0.3, -0.25) is 0 Å². The van der Waals surface area contributed by atoms with Crippen LogP contribution in [0.25, 0.3) is 0 Å². The normalized spacial score (nSPS) is 21.0. The molecule has 84 valence electrons. The monoisotopic (exact) mass is 242 g/mol. The van der Waals surface area contributed by atoms with Gasteiger partial charge in [0.25, 0.3) is 0 Å². The van der Waals surface area contributed by atoms with E-state index in [1.54, 1.807) is 11.3 Å². The fraction of sp³-hybridized carbons (Fsp3) is 0.727. The summed E-state index contributed by atoms with van der Waals surface area (Å²) in [7, 11) is 0. The molecule has 0 unspecified atom stereocenters. The van der Waals surface area contributed by atoms with E-state index in [9.17, 15) is 0 Å². The molecule has 2 nitrogen and oxygen atoms in total. The van der Waals surface area contributed by atoms with Gasteiger partial charge in [0.2, 0.25) is 0 Å². The van der Waals surface area contributed by atoms with Gasteiger partial charge in [-0.15, -0.1) is 11.3 Å². The van der Waals surface area contributed by atoms with Crippen molar-refractivity contribution in [2.45, 2.75) is 32.2 Å². The number of aromatic nitrogens is 1. The number of thioether (sulfide) groups is 1. The number of hydrogen-bond acceptors (Lipinski definition) is 4. The van der Waals surface area contributed by atoms with E-state index in [1.165, 1.54) is 28.6 Å². The van der Waals surface area contributed by atoms with Gasteiger partial charge in [0, 0.05) is 30.1 Å². The molecule has 1 aliphatic heterocycles. The van der Waals surface area contributed by atoms with E-state index < -0.39 is 0 Å². The van der Waals surface area contributed by atoms with Crippen LogP contribution in [0.5, 0.6) is 0 Å². The summed E-state index contributed by atoms with van der Waals surface area (Å²) < 4.78 is 0. The van der Waals surface area contributed by atoms with Crippen molar-refractivity contribution in [3.05, 3.63) is 16.1 Å². The first kappa shape index (κ1) is 11.4. The van der Waals surface area contributed by atoms with E-state index in [0.29, 0.717) is 0 Å². The minimum absolute atomic E-state index is 0.751. The van der Waals surface area contributed by atoms with Gasteiger partial charge in [0.1, 0.15) is 0 Å². The summed E-state index contributed by atoms with van der Waals surface area (Å²) in [6.45, 7) is 3.24. The van der Waals surface area contributed by atoms with E-state index in [2.05, 4.69) is 34.4 Å². The van der Waals surface area contributed by atoms with Gasteiger partial charge in [-0.2, -0.15) is 11.8 Å². The standard InChI is InChI=1S/C11H18N2S2/c1-2-9-8-15-11(13-9)3-5-12-10-4-6-14-7-10/h8,10,12H,2-7H2,1H3/t10-/m0/s1. The van der Waals surface area contributed by atoms with Crippen molar-refractivity contribution in [3.63, 3.8) is 0 Å². The van der Waals surface area contributed by atoms with Gasteiger partial charge in [0.05, 0.1) is 10.7 Å². The number of thiazole rings is 1. The highest BCUT2D eigenvalue weighted by Crippen LogP contribution is 2.17. The molecule has 0 spiro atoms. The first-order chi connectivity index (χ1) is 7.38. The highest BCUT2D eigenvalue weighted by molar-refractivity contribution is 7.99. The molecule has 1 atom stereocenters. The molecule has 1 aromatic heterocycles. The Balaban J connectivity index is 1.68. The largest absolute Gasteiger partial charge is 0.313 e. The molecule has 1 aliphatic rings. The van der Waals surface area contributed by atoms with Crippen molar-refractivity contribution in [3.8, 4) is 0 Å². The van der Waals surface area contributed by atoms with Crippen LogP contribution in [0, 0.1) is 0 Å². The molecule has 2 rings (SSSR count). The Bertz CT molecular complexity index is 293. The van der Waals surface area contributed by atoms with Gasteiger partial charge in [-0.05, 0) is 18.6 Å². The molecule has 1 fully saturated rings. The highest BCUT2D eigenvalue weighted by Gasteiger charge is 2.14. The van der Waals surface area contributed by atoms with Crippen LogP contribution in [0.15, 0.2) is 5.38 Å². The molecule has 0 amide bonds. The van der Waals surface area contributed by atoms with E-state index in [4.69, 9.17) is 0 Å². The Hall–Kier alpha value is -0.0600. The zero-order chi connectivity index (χ0) is 10.5. The van der Waals surface area contributed by atoms with Gasteiger partial charge in [-0.1, -0.05) is 6.92 Å². The average Bonchev–Trinajstić information content (AvgIpc) is 2.88. The molecule has 0 radical (unpaired) electrons. The van der Waals surface area contributed by atoms with Crippen molar-refractivity contribution in [2.24, 2.45) is 0 Å². The van der Waals surface area contributed by atoms with E-state index in [-0.39, 0.29) is 0 Å². The molecule has 2 heterocycles. The molecule has 1 aromatic rings. The van der Waals surface area contributed by atoms with Gasteiger partial charge in [-0.25, -0.2) is 4.98 Å². The van der Waals surface area contributed by atoms with Crippen LogP contribution in [0.3, 0.4) is 0 Å². The van der Waals surface area contributed by atoms with Crippen LogP contribution in [0.2, 0.25) is 0 Å². The summed E-state index contributed by atoms with van der Waals surface area (Å²) in [5.41, 5.74) is 1.24. The maximum Gasteiger partial charge on any atom is 0.0940 e. The van der Waals surface area contributed by atoms with E-state index >= 15 is 0 Å². The first-order valence-corrected chi connectivity index (χ1v) is 7.66. The van der Waals surface area contributed by atoms with Gasteiger partial charge in [0.15, 0.2) is 0 Å². The maximum absolute atomic E-state index is 4.57. The summed E-state index contributed by atoms with van der Waals surface area (Å²) >= 11 is 3.86. The van der Waals surface area contributed by atoms with Crippen LogP contribution >= 0.6 is 23.1 Å². The maximum atomic E-state index is 4.57. The lowest BCUT2D eigenvalue weighted by atomic mass is 10.2. The second-order valence-corrected chi connectivity index (χ2v) is 5.94. The number of hydrogen-bond donors (Lipinski definition) is 1. The van der Waals surface area contributed by atoms with Gasteiger partial charge < -0.3 is 5.32 Å². The third-order valence-corrected chi connectivity index (χ3v) is 4.78. The molecule has 0 saturated carbocycles. The van der Waals surface area contributed by atoms with Crippen LogP contribution in [-0.4, -0.2) is 29.1 Å². The molecule has 1 saturated heterocycles. The third kappa shape index (κ3) is 3.47. The fourth-order valence-corrected chi connectivity index (χ4v) is 3.77. The van der Waals surface area contributed by atoms with Crippen LogP contribution in [-0.2, 0) is 12.8 Å². The molecule has 4 heteroatoms. The molecular formula is C11H18N2S2. The van der Waals surface area contributed by atoms with Crippen molar-refractivity contribution in [2.75, 3.05) is 18.1 Å². The zero-order valence-electron chi connectivity index (χ0n) is 9.16. The van der Waals surface area contributed by atoms with Crippen LogP contribution in [0.1, 0.15) is 24.0 Å². The van der Waals surface area contributed by atoms with Crippen molar-refractivity contribution in [1.82, 2.24) is 10.3 Å². The summed E-state index contributed by atoms with van der Waals surface area (Å²) in [6.07, 6.45) is 3.48. The number of nitrogens with zero attached hydrogens (tertiary/aromatic N) is 1. The minimum Gasteiger partial charge on any atom is -0.313 e. The predicted octanol–water partition coefficient (Wildman–Crippen LogP) is 2.34. The Kier molecular flexibility index (Phi) is 4.47. The quantitative estimate of drug-likeness (QED) is 0.858. The van der Waals surface area contributed by atoms with Crippen LogP contribution < -0.4 is 5.32 Å². The van der Waals surface area contributed by atoms with Gasteiger partial charge >= 0.3 is 0 Å².